The normalized spacial score (nSPS) is 23.6. The van der Waals surface area contributed by atoms with Gasteiger partial charge in [-0.05, 0) is 49.9 Å². The lowest BCUT2D eigenvalue weighted by Gasteiger charge is -2.33. The summed E-state index contributed by atoms with van der Waals surface area (Å²) in [6, 6.07) is 6.24. The molecule has 1 saturated heterocycles. The van der Waals surface area contributed by atoms with Crippen LogP contribution in [0.3, 0.4) is 0 Å². The van der Waals surface area contributed by atoms with Crippen molar-refractivity contribution >= 4 is 0 Å². The van der Waals surface area contributed by atoms with Crippen molar-refractivity contribution in [3.8, 4) is 5.75 Å². The van der Waals surface area contributed by atoms with Crippen LogP contribution in [0.2, 0.25) is 0 Å². The fourth-order valence-corrected chi connectivity index (χ4v) is 2.98. The molecule has 0 bridgehead atoms. The van der Waals surface area contributed by atoms with Crippen LogP contribution in [-0.4, -0.2) is 18.4 Å². The summed E-state index contributed by atoms with van der Waals surface area (Å²) in [6.07, 6.45) is 1.99. The molecule has 2 nitrogen and oxygen atoms in total. The van der Waals surface area contributed by atoms with Crippen LogP contribution in [-0.2, 0) is 6.42 Å². The topological polar surface area (TPSA) is 21.3 Å². The lowest BCUT2D eigenvalue weighted by molar-refractivity contribution is -0.274. The maximum Gasteiger partial charge on any atom is 0.573 e. The molecule has 0 aromatic heterocycles. The zero-order valence-electron chi connectivity index (χ0n) is 12.3. The molecule has 1 atom stereocenters. The summed E-state index contributed by atoms with van der Waals surface area (Å²) < 4.78 is 40.3. The van der Waals surface area contributed by atoms with E-state index in [0.717, 1.165) is 31.4 Å². The minimum atomic E-state index is -4.63. The first-order valence-corrected chi connectivity index (χ1v) is 7.52. The van der Waals surface area contributed by atoms with Crippen LogP contribution in [0.4, 0.5) is 13.2 Å². The van der Waals surface area contributed by atoms with Crippen LogP contribution < -0.4 is 10.1 Å². The van der Waals surface area contributed by atoms with E-state index in [4.69, 9.17) is 0 Å². The van der Waals surface area contributed by atoms with Crippen molar-refractivity contribution in [2.24, 2.45) is 0 Å². The molecular weight excluding hydrogens is 279 g/mol. The van der Waals surface area contributed by atoms with Gasteiger partial charge in [0.1, 0.15) is 5.75 Å². The Hall–Kier alpha value is -1.23. The molecule has 1 unspecified atom stereocenters. The first-order valence-electron chi connectivity index (χ1n) is 7.52. The average Bonchev–Trinajstić information content (AvgIpc) is 2.66. The quantitative estimate of drug-likeness (QED) is 0.887. The maximum atomic E-state index is 12.1. The molecule has 118 valence electrons. The summed E-state index contributed by atoms with van der Waals surface area (Å²) in [4.78, 5) is 0. The molecule has 5 heteroatoms. The van der Waals surface area contributed by atoms with Gasteiger partial charge in [0.25, 0.3) is 0 Å². The Balaban J connectivity index is 2.04. The van der Waals surface area contributed by atoms with Gasteiger partial charge >= 0.3 is 6.36 Å². The minimum Gasteiger partial charge on any atom is -0.406 e. The molecular formula is C16H22F3NO. The third-order valence-corrected chi connectivity index (χ3v) is 4.21. The van der Waals surface area contributed by atoms with Crippen molar-refractivity contribution < 1.29 is 17.9 Å². The predicted octanol–water partition coefficient (Wildman–Crippen LogP) is 4.44. The predicted molar refractivity (Wildman–Crippen MR) is 76.3 cm³/mol. The Kier molecular flexibility index (Phi) is 5.14. The Bertz CT molecular complexity index is 434. The summed E-state index contributed by atoms with van der Waals surface area (Å²) in [6.45, 7) is 3.18. The summed E-state index contributed by atoms with van der Waals surface area (Å²) in [5.41, 5.74) is 1.11. The Morgan fingerprint density at radius 2 is 1.86 bits per heavy atom. The minimum absolute atomic E-state index is 0.0723. The second-order valence-corrected chi connectivity index (χ2v) is 5.74. The molecule has 1 aliphatic heterocycles. The van der Waals surface area contributed by atoms with Crippen LogP contribution in [0.1, 0.15) is 44.6 Å². The smallest absolute Gasteiger partial charge is 0.406 e. The van der Waals surface area contributed by atoms with E-state index in [1.165, 1.54) is 31.4 Å². The zero-order chi connectivity index (χ0) is 15.3. The third kappa shape index (κ3) is 4.92. The Labute approximate surface area is 123 Å². The number of alkyl halides is 3. The van der Waals surface area contributed by atoms with E-state index in [9.17, 15) is 13.2 Å². The van der Waals surface area contributed by atoms with E-state index < -0.39 is 6.36 Å². The number of hydrogen-bond acceptors (Lipinski definition) is 2. The number of benzene rings is 1. The van der Waals surface area contributed by atoms with Crippen molar-refractivity contribution in [3.63, 3.8) is 0 Å². The van der Waals surface area contributed by atoms with Crippen molar-refractivity contribution in [1.82, 2.24) is 5.32 Å². The van der Waals surface area contributed by atoms with Crippen molar-refractivity contribution in [2.75, 3.05) is 6.54 Å². The SMILES string of the molecule is CCC1(Cc2ccc(OC(F)(F)F)cc2)CCCCCN1. The molecule has 1 fully saturated rings. The molecule has 0 radical (unpaired) electrons. The molecule has 1 aromatic carbocycles. The lowest BCUT2D eigenvalue weighted by Crippen LogP contribution is -2.46. The van der Waals surface area contributed by atoms with E-state index in [0.29, 0.717) is 0 Å². The van der Waals surface area contributed by atoms with Gasteiger partial charge < -0.3 is 10.1 Å². The van der Waals surface area contributed by atoms with Crippen LogP contribution in [0.5, 0.6) is 5.75 Å². The number of nitrogens with one attached hydrogen (secondary N) is 1. The van der Waals surface area contributed by atoms with Gasteiger partial charge in [-0.2, -0.15) is 0 Å². The van der Waals surface area contributed by atoms with E-state index in [1.54, 1.807) is 12.1 Å². The number of ether oxygens (including phenoxy) is 1. The van der Waals surface area contributed by atoms with Gasteiger partial charge in [-0.15, -0.1) is 13.2 Å². The molecule has 0 spiro atoms. The van der Waals surface area contributed by atoms with E-state index in [1.807, 2.05) is 0 Å². The fourth-order valence-electron chi connectivity index (χ4n) is 2.98. The highest BCUT2D eigenvalue weighted by molar-refractivity contribution is 5.28. The highest BCUT2D eigenvalue weighted by Crippen LogP contribution is 2.28. The Morgan fingerprint density at radius 3 is 2.48 bits per heavy atom. The highest BCUT2D eigenvalue weighted by Gasteiger charge is 2.31. The maximum absolute atomic E-state index is 12.1. The van der Waals surface area contributed by atoms with Gasteiger partial charge in [0.2, 0.25) is 0 Å². The molecule has 0 aliphatic carbocycles. The van der Waals surface area contributed by atoms with Gasteiger partial charge in [-0.3, -0.25) is 0 Å². The first kappa shape index (κ1) is 16.1. The van der Waals surface area contributed by atoms with Crippen LogP contribution >= 0.6 is 0 Å². The van der Waals surface area contributed by atoms with Crippen LogP contribution in [0.15, 0.2) is 24.3 Å². The van der Waals surface area contributed by atoms with Gasteiger partial charge in [-0.1, -0.05) is 31.9 Å². The van der Waals surface area contributed by atoms with E-state index >= 15 is 0 Å². The van der Waals surface area contributed by atoms with Gasteiger partial charge in [0, 0.05) is 5.54 Å². The van der Waals surface area contributed by atoms with Crippen molar-refractivity contribution in [1.29, 1.82) is 0 Å². The third-order valence-electron chi connectivity index (χ3n) is 4.21. The van der Waals surface area contributed by atoms with Gasteiger partial charge in [0.15, 0.2) is 0 Å². The van der Waals surface area contributed by atoms with Crippen molar-refractivity contribution in [3.05, 3.63) is 29.8 Å². The molecule has 0 amide bonds. The largest absolute Gasteiger partial charge is 0.573 e. The molecule has 1 aromatic rings. The Morgan fingerprint density at radius 1 is 1.14 bits per heavy atom. The second kappa shape index (κ2) is 6.69. The summed E-state index contributed by atoms with van der Waals surface area (Å²) in [5, 5.41) is 3.63. The molecule has 1 heterocycles. The highest BCUT2D eigenvalue weighted by atomic mass is 19.4. The van der Waals surface area contributed by atoms with E-state index in [-0.39, 0.29) is 11.3 Å². The first-order chi connectivity index (χ1) is 9.92. The van der Waals surface area contributed by atoms with Gasteiger partial charge in [0.05, 0.1) is 0 Å². The standard InChI is InChI=1S/C16H22F3NO/c1-2-15(10-4-3-5-11-20-15)12-13-6-8-14(9-7-13)21-16(17,18)19/h6-9,20H,2-5,10-12H2,1H3. The number of halogens is 3. The molecule has 1 N–H and O–H groups in total. The molecule has 0 saturated carbocycles. The summed E-state index contributed by atoms with van der Waals surface area (Å²) in [5.74, 6) is -0.161. The average molecular weight is 301 g/mol. The lowest BCUT2D eigenvalue weighted by atomic mass is 9.84. The van der Waals surface area contributed by atoms with Gasteiger partial charge in [-0.25, -0.2) is 0 Å². The summed E-state index contributed by atoms with van der Waals surface area (Å²) >= 11 is 0. The molecule has 1 aliphatic rings. The molecule has 2 rings (SSSR count). The molecule has 21 heavy (non-hydrogen) atoms. The second-order valence-electron chi connectivity index (χ2n) is 5.74. The van der Waals surface area contributed by atoms with Crippen LogP contribution in [0, 0.1) is 0 Å². The number of hydrogen-bond donors (Lipinski definition) is 1. The monoisotopic (exact) mass is 301 g/mol. The number of rotatable bonds is 4. The fraction of sp³-hybridized carbons (Fsp3) is 0.625. The van der Waals surface area contributed by atoms with E-state index in [2.05, 4.69) is 17.0 Å². The summed E-state index contributed by atoms with van der Waals surface area (Å²) in [7, 11) is 0. The van der Waals surface area contributed by atoms with Crippen molar-refractivity contribution in [2.45, 2.75) is 57.3 Å². The zero-order valence-corrected chi connectivity index (χ0v) is 12.3. The van der Waals surface area contributed by atoms with Crippen LogP contribution in [0.25, 0.3) is 0 Å².